The second-order valence-corrected chi connectivity index (χ2v) is 3.01. The summed E-state index contributed by atoms with van der Waals surface area (Å²) in [5.74, 6) is -0.753. The van der Waals surface area contributed by atoms with Crippen molar-refractivity contribution in [1.29, 1.82) is 0 Å². The van der Waals surface area contributed by atoms with E-state index in [2.05, 4.69) is 0 Å². The van der Waals surface area contributed by atoms with Crippen LogP contribution in [0.25, 0.3) is 0 Å². The Morgan fingerprint density at radius 1 is 1.60 bits per heavy atom. The monoisotopic (exact) mass is 143 g/mol. The van der Waals surface area contributed by atoms with Crippen molar-refractivity contribution in [2.24, 2.45) is 17.1 Å². The van der Waals surface area contributed by atoms with Crippen molar-refractivity contribution in [1.82, 2.24) is 0 Å². The van der Waals surface area contributed by atoms with Crippen LogP contribution in [0.15, 0.2) is 0 Å². The average molecular weight is 143 g/mol. The standard InChI is InChI=1S/C7H13NO2/c1-5(4-9)7(2,3)6(8)10/h4-5H,1-3H3,(H2,8,10). The molecule has 0 fully saturated rings. The average Bonchev–Trinajstić information content (AvgIpc) is 1.86. The minimum atomic E-state index is -0.720. The number of primary amides is 1. The van der Waals surface area contributed by atoms with Crippen LogP contribution < -0.4 is 5.73 Å². The molecule has 2 N–H and O–H groups in total. The predicted molar refractivity (Wildman–Crippen MR) is 38.2 cm³/mol. The first-order valence-electron chi connectivity index (χ1n) is 3.18. The van der Waals surface area contributed by atoms with E-state index in [9.17, 15) is 9.59 Å². The predicted octanol–water partition coefficient (Wildman–Crippen LogP) is 0.333. The summed E-state index contributed by atoms with van der Waals surface area (Å²) in [5, 5.41) is 0. The Labute approximate surface area is 60.6 Å². The van der Waals surface area contributed by atoms with Gasteiger partial charge in [-0.1, -0.05) is 20.8 Å². The second-order valence-electron chi connectivity index (χ2n) is 3.01. The van der Waals surface area contributed by atoms with Crippen molar-refractivity contribution in [3.63, 3.8) is 0 Å². The third kappa shape index (κ3) is 1.56. The molecule has 1 unspecified atom stereocenters. The van der Waals surface area contributed by atoms with E-state index in [1.165, 1.54) is 0 Å². The van der Waals surface area contributed by atoms with Crippen molar-refractivity contribution >= 4 is 12.2 Å². The van der Waals surface area contributed by atoms with Crippen molar-refractivity contribution in [3.8, 4) is 0 Å². The molecule has 10 heavy (non-hydrogen) atoms. The third-order valence-electron chi connectivity index (χ3n) is 1.98. The zero-order valence-electron chi connectivity index (χ0n) is 6.55. The summed E-state index contributed by atoms with van der Waals surface area (Å²) >= 11 is 0. The first kappa shape index (κ1) is 9.14. The van der Waals surface area contributed by atoms with Gasteiger partial charge < -0.3 is 10.5 Å². The molecule has 0 spiro atoms. The van der Waals surface area contributed by atoms with Gasteiger partial charge >= 0.3 is 0 Å². The van der Waals surface area contributed by atoms with Crippen molar-refractivity contribution in [2.45, 2.75) is 20.8 Å². The van der Waals surface area contributed by atoms with Crippen LogP contribution in [0.2, 0.25) is 0 Å². The van der Waals surface area contributed by atoms with Crippen LogP contribution in [-0.4, -0.2) is 12.2 Å². The summed E-state index contributed by atoms with van der Waals surface area (Å²) in [4.78, 5) is 20.9. The summed E-state index contributed by atoms with van der Waals surface area (Å²) in [6, 6.07) is 0. The third-order valence-corrected chi connectivity index (χ3v) is 1.98. The summed E-state index contributed by atoms with van der Waals surface area (Å²) in [6.07, 6.45) is 0.741. The molecule has 0 rings (SSSR count). The SMILES string of the molecule is CC(C=O)C(C)(C)C(N)=O. The van der Waals surface area contributed by atoms with Gasteiger partial charge in [0.25, 0.3) is 0 Å². The first-order chi connectivity index (χ1) is 4.42. The molecule has 3 nitrogen and oxygen atoms in total. The maximum atomic E-state index is 10.7. The highest BCUT2D eigenvalue weighted by Gasteiger charge is 2.31. The van der Waals surface area contributed by atoms with Crippen molar-refractivity contribution in [2.75, 3.05) is 0 Å². The molecule has 0 aromatic rings. The van der Waals surface area contributed by atoms with Crippen LogP contribution in [-0.2, 0) is 9.59 Å². The number of aldehydes is 1. The van der Waals surface area contributed by atoms with Crippen molar-refractivity contribution in [3.05, 3.63) is 0 Å². The molecule has 0 aromatic carbocycles. The Kier molecular flexibility index (Phi) is 2.57. The van der Waals surface area contributed by atoms with E-state index in [0.717, 1.165) is 6.29 Å². The number of amides is 1. The number of hydrogen-bond acceptors (Lipinski definition) is 2. The Morgan fingerprint density at radius 3 is 2.10 bits per heavy atom. The molecule has 0 saturated carbocycles. The maximum Gasteiger partial charge on any atom is 0.223 e. The highest BCUT2D eigenvalue weighted by Crippen LogP contribution is 2.23. The van der Waals surface area contributed by atoms with E-state index >= 15 is 0 Å². The minimum Gasteiger partial charge on any atom is -0.369 e. The number of carbonyl (C=O) groups excluding carboxylic acids is 2. The molecule has 3 heteroatoms. The van der Waals surface area contributed by atoms with Crippen LogP contribution in [0.5, 0.6) is 0 Å². The fourth-order valence-corrected chi connectivity index (χ4v) is 0.394. The van der Waals surface area contributed by atoms with E-state index in [1.807, 2.05) is 0 Å². The van der Waals surface area contributed by atoms with Gasteiger partial charge in [0.2, 0.25) is 5.91 Å². The molecular formula is C7H13NO2. The molecule has 0 aliphatic rings. The topological polar surface area (TPSA) is 60.2 Å². The lowest BCUT2D eigenvalue weighted by atomic mass is 9.80. The van der Waals surface area contributed by atoms with E-state index in [1.54, 1.807) is 20.8 Å². The minimum absolute atomic E-state index is 0.315. The zero-order valence-corrected chi connectivity index (χ0v) is 6.55. The summed E-state index contributed by atoms with van der Waals surface area (Å²) in [6.45, 7) is 5.00. The van der Waals surface area contributed by atoms with Crippen LogP contribution in [0, 0.1) is 11.3 Å². The Morgan fingerprint density at radius 2 is 2.00 bits per heavy atom. The molecule has 58 valence electrons. The molecule has 0 heterocycles. The lowest BCUT2D eigenvalue weighted by Gasteiger charge is -2.23. The fraction of sp³-hybridized carbons (Fsp3) is 0.714. The Bertz CT molecular complexity index is 152. The fourth-order valence-electron chi connectivity index (χ4n) is 0.394. The van der Waals surface area contributed by atoms with Gasteiger partial charge in [0.05, 0.1) is 5.41 Å². The molecule has 0 radical (unpaired) electrons. The summed E-state index contributed by atoms with van der Waals surface area (Å²) < 4.78 is 0. The lowest BCUT2D eigenvalue weighted by molar-refractivity contribution is -0.131. The number of hydrogen-bond donors (Lipinski definition) is 1. The molecule has 0 aromatic heterocycles. The quantitative estimate of drug-likeness (QED) is 0.579. The number of rotatable bonds is 3. The zero-order chi connectivity index (χ0) is 8.36. The van der Waals surface area contributed by atoms with Crippen LogP contribution in [0.3, 0.4) is 0 Å². The van der Waals surface area contributed by atoms with Crippen molar-refractivity contribution < 1.29 is 9.59 Å². The molecule has 0 aliphatic heterocycles. The molecule has 1 atom stereocenters. The maximum absolute atomic E-state index is 10.7. The smallest absolute Gasteiger partial charge is 0.223 e. The normalized spacial score (nSPS) is 14.3. The molecular weight excluding hydrogens is 130 g/mol. The van der Waals surface area contributed by atoms with E-state index in [-0.39, 0.29) is 5.92 Å². The second kappa shape index (κ2) is 2.82. The molecule has 1 amide bonds. The van der Waals surface area contributed by atoms with Gasteiger partial charge in [0.1, 0.15) is 6.29 Å². The number of carbonyl (C=O) groups is 2. The Hall–Kier alpha value is -0.860. The van der Waals surface area contributed by atoms with Gasteiger partial charge in [-0.2, -0.15) is 0 Å². The summed E-state index contributed by atoms with van der Waals surface area (Å²) in [7, 11) is 0. The van der Waals surface area contributed by atoms with Gasteiger partial charge in [-0.05, 0) is 0 Å². The van der Waals surface area contributed by atoms with Gasteiger partial charge in [0.15, 0.2) is 0 Å². The van der Waals surface area contributed by atoms with E-state index < -0.39 is 11.3 Å². The van der Waals surface area contributed by atoms with Crippen LogP contribution in [0.1, 0.15) is 20.8 Å². The van der Waals surface area contributed by atoms with Crippen LogP contribution in [0.4, 0.5) is 0 Å². The molecule has 0 aliphatic carbocycles. The Balaban J connectivity index is 4.38. The first-order valence-corrected chi connectivity index (χ1v) is 3.18. The van der Waals surface area contributed by atoms with Crippen LogP contribution >= 0.6 is 0 Å². The molecule has 0 saturated heterocycles. The highest BCUT2D eigenvalue weighted by molar-refractivity contribution is 5.83. The van der Waals surface area contributed by atoms with E-state index in [0.29, 0.717) is 0 Å². The van der Waals surface area contributed by atoms with Gasteiger partial charge in [0, 0.05) is 5.92 Å². The molecule has 0 bridgehead atoms. The largest absolute Gasteiger partial charge is 0.369 e. The lowest BCUT2D eigenvalue weighted by Crippen LogP contribution is -2.37. The highest BCUT2D eigenvalue weighted by atomic mass is 16.1. The van der Waals surface area contributed by atoms with E-state index in [4.69, 9.17) is 5.73 Å². The van der Waals surface area contributed by atoms with Gasteiger partial charge in [-0.25, -0.2) is 0 Å². The van der Waals surface area contributed by atoms with Gasteiger partial charge in [-0.15, -0.1) is 0 Å². The summed E-state index contributed by atoms with van der Waals surface area (Å²) in [5.41, 5.74) is 4.33. The van der Waals surface area contributed by atoms with Gasteiger partial charge in [-0.3, -0.25) is 4.79 Å². The number of nitrogens with two attached hydrogens (primary N) is 1.